The highest BCUT2D eigenvalue weighted by molar-refractivity contribution is 5.29. The van der Waals surface area contributed by atoms with Gasteiger partial charge in [0.2, 0.25) is 0 Å². The van der Waals surface area contributed by atoms with Crippen molar-refractivity contribution in [1.82, 2.24) is 0 Å². The van der Waals surface area contributed by atoms with Gasteiger partial charge >= 0.3 is 0 Å². The molecule has 0 radical (unpaired) electrons. The van der Waals surface area contributed by atoms with Crippen molar-refractivity contribution in [2.75, 3.05) is 6.79 Å². The first kappa shape index (κ1) is 21.6. The van der Waals surface area contributed by atoms with E-state index in [1.165, 1.54) is 54.4 Å². The minimum absolute atomic E-state index is 0.362. The summed E-state index contributed by atoms with van der Waals surface area (Å²) in [6.45, 7) is 0.362. The number of benzene rings is 3. The van der Waals surface area contributed by atoms with Crippen molar-refractivity contribution in [3.63, 3.8) is 0 Å². The average Bonchev–Trinajstić information content (AvgIpc) is 2.84. The van der Waals surface area contributed by atoms with E-state index in [0.29, 0.717) is 12.9 Å². The van der Waals surface area contributed by atoms with Gasteiger partial charge in [0, 0.05) is 0 Å². The first-order valence-electron chi connectivity index (χ1n) is 11.8. The summed E-state index contributed by atoms with van der Waals surface area (Å²) in [6, 6.07) is 28.3. The zero-order valence-electron chi connectivity index (χ0n) is 18.5. The SMILES string of the molecule is c1ccc(CCc2ccc(CCc3ccc(OCOC4CCCCC4)cc3)cc2)cc1. The third-order valence-electron chi connectivity index (χ3n) is 6.28. The van der Waals surface area contributed by atoms with Crippen LogP contribution < -0.4 is 4.74 Å². The van der Waals surface area contributed by atoms with Crippen LogP contribution in [0.5, 0.6) is 5.75 Å². The lowest BCUT2D eigenvalue weighted by atomic mass is 9.98. The van der Waals surface area contributed by atoms with Crippen molar-refractivity contribution >= 4 is 0 Å². The molecule has 0 aromatic heterocycles. The summed E-state index contributed by atoms with van der Waals surface area (Å²) in [5, 5.41) is 0. The molecule has 3 aromatic carbocycles. The molecule has 31 heavy (non-hydrogen) atoms. The highest BCUT2D eigenvalue weighted by atomic mass is 16.7. The molecule has 0 unspecified atom stereocenters. The third-order valence-corrected chi connectivity index (χ3v) is 6.28. The Morgan fingerprint density at radius 2 is 1.03 bits per heavy atom. The predicted octanol–water partition coefficient (Wildman–Crippen LogP) is 6.94. The quantitative estimate of drug-likeness (QED) is 0.334. The molecule has 0 atom stereocenters. The number of ether oxygens (including phenoxy) is 2. The van der Waals surface area contributed by atoms with Crippen LogP contribution in [0, 0.1) is 0 Å². The maximum absolute atomic E-state index is 5.85. The van der Waals surface area contributed by atoms with Crippen LogP contribution in [-0.2, 0) is 30.4 Å². The zero-order chi connectivity index (χ0) is 21.1. The molecule has 162 valence electrons. The van der Waals surface area contributed by atoms with E-state index in [4.69, 9.17) is 9.47 Å². The lowest BCUT2D eigenvalue weighted by Gasteiger charge is -2.21. The maximum Gasteiger partial charge on any atom is 0.189 e. The molecule has 0 spiro atoms. The van der Waals surface area contributed by atoms with Gasteiger partial charge in [0.1, 0.15) is 5.75 Å². The van der Waals surface area contributed by atoms with Gasteiger partial charge in [-0.15, -0.1) is 0 Å². The van der Waals surface area contributed by atoms with Crippen molar-refractivity contribution in [2.45, 2.75) is 63.9 Å². The summed E-state index contributed by atoms with van der Waals surface area (Å²) in [5.41, 5.74) is 5.54. The maximum atomic E-state index is 5.85. The van der Waals surface area contributed by atoms with E-state index < -0.39 is 0 Å². The van der Waals surface area contributed by atoms with Crippen molar-refractivity contribution in [3.05, 3.63) is 101 Å². The largest absolute Gasteiger partial charge is 0.468 e. The molecule has 1 fully saturated rings. The normalized spacial score (nSPS) is 14.5. The minimum Gasteiger partial charge on any atom is -0.468 e. The van der Waals surface area contributed by atoms with E-state index >= 15 is 0 Å². The molecule has 1 saturated carbocycles. The Morgan fingerprint density at radius 1 is 0.548 bits per heavy atom. The van der Waals surface area contributed by atoms with Crippen LogP contribution in [-0.4, -0.2) is 12.9 Å². The van der Waals surface area contributed by atoms with E-state index in [9.17, 15) is 0 Å². The van der Waals surface area contributed by atoms with E-state index in [-0.39, 0.29) is 0 Å². The molecule has 0 amide bonds. The summed E-state index contributed by atoms with van der Waals surface area (Å²) in [5.74, 6) is 0.891. The van der Waals surface area contributed by atoms with Gasteiger partial charge in [-0.3, -0.25) is 0 Å². The second kappa shape index (κ2) is 11.7. The number of rotatable bonds is 10. The van der Waals surface area contributed by atoms with Crippen molar-refractivity contribution < 1.29 is 9.47 Å². The number of hydrogen-bond donors (Lipinski definition) is 0. The first-order valence-corrected chi connectivity index (χ1v) is 11.8. The Kier molecular flexibility index (Phi) is 8.18. The molecule has 0 bridgehead atoms. The third kappa shape index (κ3) is 7.25. The van der Waals surface area contributed by atoms with Crippen LogP contribution in [0.4, 0.5) is 0 Å². The molecular weight excluding hydrogens is 380 g/mol. The van der Waals surface area contributed by atoms with Gasteiger partial charge in [0.25, 0.3) is 0 Å². The smallest absolute Gasteiger partial charge is 0.189 e. The van der Waals surface area contributed by atoms with Gasteiger partial charge in [-0.1, -0.05) is 86.0 Å². The summed E-state index contributed by atoms with van der Waals surface area (Å²) in [4.78, 5) is 0. The van der Waals surface area contributed by atoms with Crippen LogP contribution in [0.3, 0.4) is 0 Å². The fourth-order valence-corrected chi connectivity index (χ4v) is 4.28. The lowest BCUT2D eigenvalue weighted by molar-refractivity contribution is -0.0496. The molecular formula is C29H34O2. The standard InChI is InChI=1S/C29H34O2/c1-3-7-24(8-4-1)11-12-25-13-15-26(16-14-25)17-18-27-19-21-29(22-20-27)31-23-30-28-9-5-2-6-10-28/h1,3-4,7-8,13-16,19-22,28H,2,5-6,9-12,17-18,23H2. The Balaban J connectivity index is 1.17. The van der Waals surface area contributed by atoms with Gasteiger partial charge in [0.15, 0.2) is 6.79 Å². The van der Waals surface area contributed by atoms with Gasteiger partial charge < -0.3 is 9.47 Å². The van der Waals surface area contributed by atoms with E-state index in [2.05, 4.69) is 78.9 Å². The van der Waals surface area contributed by atoms with Crippen molar-refractivity contribution in [3.8, 4) is 5.75 Å². The predicted molar refractivity (Wildman–Crippen MR) is 128 cm³/mol. The summed E-state index contributed by atoms with van der Waals surface area (Å²) in [6.07, 6.45) is 11.0. The molecule has 3 aromatic rings. The van der Waals surface area contributed by atoms with Crippen LogP contribution in [0.25, 0.3) is 0 Å². The average molecular weight is 415 g/mol. The van der Waals surface area contributed by atoms with E-state index in [0.717, 1.165) is 31.4 Å². The Morgan fingerprint density at radius 3 is 1.58 bits per heavy atom. The van der Waals surface area contributed by atoms with Crippen molar-refractivity contribution in [1.29, 1.82) is 0 Å². The summed E-state index contributed by atoms with van der Waals surface area (Å²) in [7, 11) is 0. The highest BCUT2D eigenvalue weighted by Crippen LogP contribution is 2.21. The highest BCUT2D eigenvalue weighted by Gasteiger charge is 2.13. The minimum atomic E-state index is 0.362. The first-order chi connectivity index (χ1) is 15.3. The second-order valence-electron chi connectivity index (χ2n) is 8.63. The van der Waals surface area contributed by atoms with E-state index in [1.54, 1.807) is 0 Å². The molecule has 1 aliphatic carbocycles. The molecule has 2 nitrogen and oxygen atoms in total. The molecule has 0 N–H and O–H groups in total. The monoisotopic (exact) mass is 414 g/mol. The van der Waals surface area contributed by atoms with Crippen LogP contribution in [0.1, 0.15) is 54.4 Å². The topological polar surface area (TPSA) is 18.5 Å². The molecule has 0 heterocycles. The van der Waals surface area contributed by atoms with Gasteiger partial charge in [0.05, 0.1) is 6.10 Å². The zero-order valence-corrected chi connectivity index (χ0v) is 18.5. The summed E-state index contributed by atoms with van der Waals surface area (Å²) < 4.78 is 11.6. The lowest BCUT2D eigenvalue weighted by Crippen LogP contribution is -2.19. The summed E-state index contributed by atoms with van der Waals surface area (Å²) >= 11 is 0. The van der Waals surface area contributed by atoms with Gasteiger partial charge in [-0.2, -0.15) is 0 Å². The Labute approximate surface area is 187 Å². The second-order valence-corrected chi connectivity index (χ2v) is 8.63. The Hall–Kier alpha value is -2.58. The van der Waals surface area contributed by atoms with E-state index in [1.807, 2.05) is 0 Å². The fourth-order valence-electron chi connectivity index (χ4n) is 4.28. The fraction of sp³-hybridized carbons (Fsp3) is 0.379. The molecule has 4 rings (SSSR count). The van der Waals surface area contributed by atoms with Crippen molar-refractivity contribution in [2.24, 2.45) is 0 Å². The number of hydrogen-bond acceptors (Lipinski definition) is 2. The molecule has 2 heteroatoms. The Bertz CT molecular complexity index is 878. The molecule has 0 aliphatic heterocycles. The van der Waals surface area contributed by atoms with Gasteiger partial charge in [-0.25, -0.2) is 0 Å². The molecule has 1 aliphatic rings. The number of aryl methyl sites for hydroxylation is 4. The van der Waals surface area contributed by atoms with Gasteiger partial charge in [-0.05, 0) is 72.9 Å². The van der Waals surface area contributed by atoms with Crippen LogP contribution in [0.2, 0.25) is 0 Å². The van der Waals surface area contributed by atoms with Crippen LogP contribution >= 0.6 is 0 Å². The molecule has 0 saturated heterocycles. The van der Waals surface area contributed by atoms with Crippen LogP contribution in [0.15, 0.2) is 78.9 Å².